The standard InChI is InChI=1S/C17H20N2O3/c1-11-8-12(2)10-13(9-11)22-17-14(6-5-7-19-17)15(21-4)16(20)18-3/h5-10,15H,1-4H3,(H,18,20). The zero-order chi connectivity index (χ0) is 16.1. The molecule has 2 aromatic rings. The summed E-state index contributed by atoms with van der Waals surface area (Å²) in [4.78, 5) is 16.2. The third kappa shape index (κ3) is 3.62. The molecule has 1 aromatic carbocycles. The van der Waals surface area contributed by atoms with E-state index < -0.39 is 6.10 Å². The van der Waals surface area contributed by atoms with Gasteiger partial charge in [0, 0.05) is 20.4 Å². The minimum atomic E-state index is -0.764. The molecule has 1 unspecified atom stereocenters. The number of ether oxygens (including phenoxy) is 2. The van der Waals surface area contributed by atoms with Gasteiger partial charge in [-0.3, -0.25) is 4.79 Å². The number of aryl methyl sites for hydroxylation is 2. The molecule has 22 heavy (non-hydrogen) atoms. The van der Waals surface area contributed by atoms with Crippen LogP contribution in [0.2, 0.25) is 0 Å². The summed E-state index contributed by atoms with van der Waals surface area (Å²) in [5.41, 5.74) is 2.78. The molecule has 2 rings (SSSR count). The minimum absolute atomic E-state index is 0.249. The van der Waals surface area contributed by atoms with Gasteiger partial charge in [-0.1, -0.05) is 6.07 Å². The Kier molecular flexibility index (Phi) is 5.12. The molecular weight excluding hydrogens is 280 g/mol. The highest BCUT2D eigenvalue weighted by Gasteiger charge is 2.23. The molecule has 1 N–H and O–H groups in total. The maximum absolute atomic E-state index is 11.9. The van der Waals surface area contributed by atoms with Crippen LogP contribution in [0.4, 0.5) is 0 Å². The number of rotatable bonds is 5. The number of aromatic nitrogens is 1. The van der Waals surface area contributed by atoms with E-state index in [-0.39, 0.29) is 5.91 Å². The van der Waals surface area contributed by atoms with E-state index >= 15 is 0 Å². The van der Waals surface area contributed by atoms with Crippen molar-refractivity contribution in [3.05, 3.63) is 53.2 Å². The summed E-state index contributed by atoms with van der Waals surface area (Å²) < 4.78 is 11.2. The van der Waals surface area contributed by atoms with Crippen LogP contribution in [0.3, 0.4) is 0 Å². The number of hydrogen-bond donors (Lipinski definition) is 1. The molecule has 0 bridgehead atoms. The highest BCUT2D eigenvalue weighted by molar-refractivity contribution is 5.82. The van der Waals surface area contributed by atoms with Crippen LogP contribution in [0.5, 0.6) is 11.6 Å². The molecule has 0 fully saturated rings. The highest BCUT2D eigenvalue weighted by Crippen LogP contribution is 2.30. The molecule has 1 heterocycles. The Morgan fingerprint density at radius 2 is 1.91 bits per heavy atom. The van der Waals surface area contributed by atoms with E-state index in [0.29, 0.717) is 17.2 Å². The van der Waals surface area contributed by atoms with Crippen LogP contribution in [-0.4, -0.2) is 25.0 Å². The van der Waals surface area contributed by atoms with Crippen LogP contribution >= 0.6 is 0 Å². The van der Waals surface area contributed by atoms with Crippen molar-refractivity contribution in [2.75, 3.05) is 14.2 Å². The molecule has 116 valence electrons. The monoisotopic (exact) mass is 300 g/mol. The van der Waals surface area contributed by atoms with E-state index in [2.05, 4.69) is 16.4 Å². The van der Waals surface area contributed by atoms with Crippen molar-refractivity contribution in [1.29, 1.82) is 0 Å². The zero-order valence-corrected chi connectivity index (χ0v) is 13.2. The minimum Gasteiger partial charge on any atom is -0.439 e. The van der Waals surface area contributed by atoms with E-state index in [9.17, 15) is 4.79 Å². The van der Waals surface area contributed by atoms with Gasteiger partial charge >= 0.3 is 0 Å². The second kappa shape index (κ2) is 7.04. The highest BCUT2D eigenvalue weighted by atomic mass is 16.5. The van der Waals surface area contributed by atoms with Gasteiger partial charge in [-0.2, -0.15) is 0 Å². The number of nitrogens with zero attached hydrogens (tertiary/aromatic N) is 1. The van der Waals surface area contributed by atoms with Crippen molar-refractivity contribution in [3.63, 3.8) is 0 Å². The van der Waals surface area contributed by atoms with Crippen molar-refractivity contribution in [1.82, 2.24) is 10.3 Å². The molecule has 0 aliphatic heterocycles. The van der Waals surface area contributed by atoms with Crippen molar-refractivity contribution in [3.8, 4) is 11.6 Å². The SMILES string of the molecule is CNC(=O)C(OC)c1cccnc1Oc1cc(C)cc(C)c1. The van der Waals surface area contributed by atoms with Gasteiger partial charge in [0.1, 0.15) is 5.75 Å². The normalized spacial score (nSPS) is 11.8. The van der Waals surface area contributed by atoms with Crippen molar-refractivity contribution in [2.45, 2.75) is 20.0 Å². The summed E-state index contributed by atoms with van der Waals surface area (Å²) in [5, 5.41) is 2.58. The Balaban J connectivity index is 2.37. The van der Waals surface area contributed by atoms with Crippen LogP contribution in [0.25, 0.3) is 0 Å². The molecule has 5 heteroatoms. The quantitative estimate of drug-likeness (QED) is 0.922. The summed E-state index contributed by atoms with van der Waals surface area (Å²) in [6.45, 7) is 4.00. The lowest BCUT2D eigenvalue weighted by atomic mass is 10.1. The van der Waals surface area contributed by atoms with Crippen molar-refractivity contribution in [2.24, 2.45) is 0 Å². The summed E-state index contributed by atoms with van der Waals surface area (Å²) in [6.07, 6.45) is 0.859. The summed E-state index contributed by atoms with van der Waals surface area (Å²) in [7, 11) is 3.04. The first kappa shape index (κ1) is 16.0. The second-order valence-electron chi connectivity index (χ2n) is 5.05. The smallest absolute Gasteiger partial charge is 0.253 e. The fraction of sp³-hybridized carbons (Fsp3) is 0.294. The van der Waals surface area contributed by atoms with Crippen LogP contribution in [0.1, 0.15) is 22.8 Å². The maximum Gasteiger partial charge on any atom is 0.253 e. The number of pyridine rings is 1. The van der Waals surface area contributed by atoms with Gasteiger partial charge in [-0.15, -0.1) is 0 Å². The predicted molar refractivity (Wildman–Crippen MR) is 84.0 cm³/mol. The second-order valence-corrected chi connectivity index (χ2v) is 5.05. The molecule has 1 atom stereocenters. The summed E-state index contributed by atoms with van der Waals surface area (Å²) >= 11 is 0. The lowest BCUT2D eigenvalue weighted by molar-refractivity contribution is -0.131. The average molecular weight is 300 g/mol. The molecule has 1 aromatic heterocycles. The number of likely N-dealkylation sites (N-methyl/N-ethyl adjacent to an activating group) is 1. The number of hydrogen-bond acceptors (Lipinski definition) is 4. The maximum atomic E-state index is 11.9. The Hall–Kier alpha value is -2.40. The van der Waals surface area contributed by atoms with E-state index in [4.69, 9.17) is 9.47 Å². The number of carbonyl (C=O) groups excluding carboxylic acids is 1. The van der Waals surface area contributed by atoms with E-state index in [1.807, 2.05) is 26.0 Å². The topological polar surface area (TPSA) is 60.5 Å². The van der Waals surface area contributed by atoms with Crippen molar-refractivity contribution >= 4 is 5.91 Å². The fourth-order valence-corrected chi connectivity index (χ4v) is 2.30. The molecule has 0 saturated carbocycles. The largest absolute Gasteiger partial charge is 0.439 e. The van der Waals surface area contributed by atoms with Gasteiger partial charge in [-0.05, 0) is 49.2 Å². The van der Waals surface area contributed by atoms with Crippen molar-refractivity contribution < 1.29 is 14.3 Å². The average Bonchev–Trinajstić information content (AvgIpc) is 2.48. The molecule has 0 spiro atoms. The molecular formula is C17H20N2O3. The van der Waals surface area contributed by atoms with E-state index in [1.165, 1.54) is 7.11 Å². The summed E-state index contributed by atoms with van der Waals surface area (Å²) in [5.74, 6) is 0.799. The van der Waals surface area contributed by atoms with Crippen LogP contribution in [0.15, 0.2) is 36.5 Å². The lowest BCUT2D eigenvalue weighted by Gasteiger charge is -2.17. The summed E-state index contributed by atoms with van der Waals surface area (Å²) in [6, 6.07) is 9.43. The van der Waals surface area contributed by atoms with Crippen LogP contribution in [-0.2, 0) is 9.53 Å². The molecule has 0 aliphatic carbocycles. The van der Waals surface area contributed by atoms with Gasteiger partial charge in [0.25, 0.3) is 5.91 Å². The Morgan fingerprint density at radius 3 is 2.50 bits per heavy atom. The Morgan fingerprint density at radius 1 is 1.23 bits per heavy atom. The lowest BCUT2D eigenvalue weighted by Crippen LogP contribution is -2.27. The van der Waals surface area contributed by atoms with E-state index in [0.717, 1.165) is 11.1 Å². The number of methoxy groups -OCH3 is 1. The number of amides is 1. The third-order valence-electron chi connectivity index (χ3n) is 3.21. The number of carbonyl (C=O) groups is 1. The zero-order valence-electron chi connectivity index (χ0n) is 13.2. The van der Waals surface area contributed by atoms with Gasteiger partial charge in [0.15, 0.2) is 6.10 Å². The van der Waals surface area contributed by atoms with Gasteiger partial charge in [-0.25, -0.2) is 4.98 Å². The molecule has 0 aliphatic rings. The van der Waals surface area contributed by atoms with Gasteiger partial charge in [0.05, 0.1) is 5.56 Å². The molecule has 0 saturated heterocycles. The molecule has 5 nitrogen and oxygen atoms in total. The van der Waals surface area contributed by atoms with E-state index in [1.54, 1.807) is 25.4 Å². The Bertz CT molecular complexity index is 650. The molecule has 1 amide bonds. The number of nitrogens with one attached hydrogen (secondary N) is 1. The van der Waals surface area contributed by atoms with Gasteiger partial charge < -0.3 is 14.8 Å². The van der Waals surface area contributed by atoms with Gasteiger partial charge in [0.2, 0.25) is 5.88 Å². The Labute approximate surface area is 130 Å². The number of benzene rings is 1. The first-order valence-electron chi connectivity index (χ1n) is 7.00. The fourth-order valence-electron chi connectivity index (χ4n) is 2.30. The predicted octanol–water partition coefficient (Wildman–Crippen LogP) is 2.92. The van der Waals surface area contributed by atoms with Crippen LogP contribution in [0, 0.1) is 13.8 Å². The first-order valence-corrected chi connectivity index (χ1v) is 7.00. The first-order chi connectivity index (χ1) is 10.5. The molecule has 0 radical (unpaired) electrons. The third-order valence-corrected chi connectivity index (χ3v) is 3.21. The van der Waals surface area contributed by atoms with Crippen LogP contribution < -0.4 is 10.1 Å².